The van der Waals surface area contributed by atoms with Crippen molar-refractivity contribution in [3.8, 4) is 11.5 Å². The number of carbonyl (C=O) groups excluding carboxylic acids is 1. The van der Waals surface area contributed by atoms with E-state index in [0.29, 0.717) is 31.9 Å². The summed E-state index contributed by atoms with van der Waals surface area (Å²) in [6.45, 7) is 2.83. The molecule has 9 heteroatoms. The van der Waals surface area contributed by atoms with Gasteiger partial charge in [0.15, 0.2) is 0 Å². The first-order valence-corrected chi connectivity index (χ1v) is 8.71. The van der Waals surface area contributed by atoms with Gasteiger partial charge in [0.25, 0.3) is 0 Å². The Kier molecular flexibility index (Phi) is 5.93. The molecule has 2 N–H and O–H groups in total. The fraction of sp³-hybridized carbons (Fsp3) is 0.316. The Hall–Kier alpha value is -2.94. The van der Waals surface area contributed by atoms with Gasteiger partial charge in [-0.2, -0.15) is 0 Å². The van der Waals surface area contributed by atoms with Crippen LogP contribution < -0.4 is 15.0 Å². The van der Waals surface area contributed by atoms with E-state index in [-0.39, 0.29) is 24.0 Å². The Morgan fingerprint density at radius 1 is 1.04 bits per heavy atom. The number of ether oxygens (including phenoxy) is 1. The van der Waals surface area contributed by atoms with Gasteiger partial charge in [0.1, 0.15) is 11.5 Å². The quantitative estimate of drug-likeness (QED) is 0.815. The van der Waals surface area contributed by atoms with Gasteiger partial charge in [-0.3, -0.25) is 9.69 Å². The maximum Gasteiger partial charge on any atom is 0.573 e. The first-order chi connectivity index (χ1) is 13.3. The summed E-state index contributed by atoms with van der Waals surface area (Å²) in [5.41, 5.74) is 1.17. The van der Waals surface area contributed by atoms with E-state index < -0.39 is 6.36 Å². The molecule has 1 amide bonds. The zero-order valence-electron chi connectivity index (χ0n) is 14.9. The highest BCUT2D eigenvalue weighted by Crippen LogP contribution is 2.27. The Balaban J connectivity index is 1.46. The minimum Gasteiger partial charge on any atom is -0.506 e. The highest BCUT2D eigenvalue weighted by molar-refractivity contribution is 5.92. The third-order valence-electron chi connectivity index (χ3n) is 4.33. The van der Waals surface area contributed by atoms with Crippen molar-refractivity contribution in [3.63, 3.8) is 0 Å². The fourth-order valence-corrected chi connectivity index (χ4v) is 3.02. The standard InChI is InChI=1S/C19H20F3N3O3/c20-19(21,22)28-15-7-5-14(6-8-15)23-18(27)13-24-9-11-25(12-10-24)16-3-1-2-4-17(16)26/h1-8,26H,9-13H2,(H,23,27). The summed E-state index contributed by atoms with van der Waals surface area (Å²) < 4.78 is 40.3. The minimum absolute atomic E-state index is 0.176. The van der Waals surface area contributed by atoms with Gasteiger partial charge >= 0.3 is 6.36 Å². The third kappa shape index (κ3) is 5.53. The number of rotatable bonds is 5. The molecule has 1 saturated heterocycles. The van der Waals surface area contributed by atoms with Crippen molar-refractivity contribution in [2.75, 3.05) is 42.9 Å². The van der Waals surface area contributed by atoms with Crippen LogP contribution in [0.15, 0.2) is 48.5 Å². The number of anilines is 2. The molecule has 0 unspecified atom stereocenters. The largest absolute Gasteiger partial charge is 0.573 e. The van der Waals surface area contributed by atoms with Crippen LogP contribution in [-0.2, 0) is 4.79 Å². The summed E-state index contributed by atoms with van der Waals surface area (Å²) in [4.78, 5) is 16.2. The van der Waals surface area contributed by atoms with Crippen LogP contribution in [-0.4, -0.2) is 55.0 Å². The van der Waals surface area contributed by atoms with Crippen molar-refractivity contribution in [2.24, 2.45) is 0 Å². The molecule has 0 bridgehead atoms. The zero-order chi connectivity index (χ0) is 20.1. The summed E-state index contributed by atoms with van der Waals surface area (Å²) in [7, 11) is 0. The maximum atomic E-state index is 12.2. The monoisotopic (exact) mass is 395 g/mol. The molecule has 2 aromatic rings. The number of hydrogen-bond donors (Lipinski definition) is 2. The van der Waals surface area contributed by atoms with Crippen LogP contribution in [0.25, 0.3) is 0 Å². The molecule has 1 aliphatic rings. The lowest BCUT2D eigenvalue weighted by Gasteiger charge is -2.35. The van der Waals surface area contributed by atoms with Crippen molar-refractivity contribution in [1.29, 1.82) is 0 Å². The van der Waals surface area contributed by atoms with Crippen LogP contribution in [0.1, 0.15) is 0 Å². The predicted molar refractivity (Wildman–Crippen MR) is 98.5 cm³/mol. The van der Waals surface area contributed by atoms with E-state index in [1.165, 1.54) is 12.1 Å². The molecular weight excluding hydrogens is 375 g/mol. The van der Waals surface area contributed by atoms with Gasteiger partial charge in [0, 0.05) is 31.9 Å². The minimum atomic E-state index is -4.75. The highest BCUT2D eigenvalue weighted by atomic mass is 19.4. The Morgan fingerprint density at radius 3 is 2.29 bits per heavy atom. The number of nitrogens with zero attached hydrogens (tertiary/aromatic N) is 2. The number of carbonyl (C=O) groups is 1. The van der Waals surface area contributed by atoms with Crippen LogP contribution in [0.5, 0.6) is 11.5 Å². The zero-order valence-corrected chi connectivity index (χ0v) is 14.9. The molecule has 0 aliphatic carbocycles. The summed E-state index contributed by atoms with van der Waals surface area (Å²) in [5.74, 6) is -0.363. The van der Waals surface area contributed by atoms with Crippen molar-refractivity contribution in [1.82, 2.24) is 4.90 Å². The van der Waals surface area contributed by atoms with Crippen LogP contribution in [0.2, 0.25) is 0 Å². The van der Waals surface area contributed by atoms with Crippen LogP contribution in [0.3, 0.4) is 0 Å². The lowest BCUT2D eigenvalue weighted by atomic mass is 10.2. The van der Waals surface area contributed by atoms with Gasteiger partial charge in [-0.05, 0) is 36.4 Å². The van der Waals surface area contributed by atoms with Gasteiger partial charge in [0.05, 0.1) is 12.2 Å². The molecule has 2 aromatic carbocycles. The molecule has 1 aliphatic heterocycles. The molecular formula is C19H20F3N3O3. The van der Waals surface area contributed by atoms with E-state index in [4.69, 9.17) is 0 Å². The fourth-order valence-electron chi connectivity index (χ4n) is 3.02. The van der Waals surface area contributed by atoms with Crippen molar-refractivity contribution in [2.45, 2.75) is 6.36 Å². The van der Waals surface area contributed by atoms with Crippen molar-refractivity contribution < 1.29 is 27.8 Å². The van der Waals surface area contributed by atoms with Crippen molar-refractivity contribution in [3.05, 3.63) is 48.5 Å². The van der Waals surface area contributed by atoms with Crippen LogP contribution in [0.4, 0.5) is 24.5 Å². The van der Waals surface area contributed by atoms with E-state index in [0.717, 1.165) is 17.8 Å². The number of aromatic hydroxyl groups is 1. The summed E-state index contributed by atoms with van der Waals surface area (Å²) in [5, 5.41) is 12.6. The second-order valence-corrected chi connectivity index (χ2v) is 6.37. The number of piperazine rings is 1. The predicted octanol–water partition coefficient (Wildman–Crippen LogP) is 3.05. The van der Waals surface area contributed by atoms with Crippen molar-refractivity contribution >= 4 is 17.3 Å². The molecule has 1 fully saturated rings. The SMILES string of the molecule is O=C(CN1CCN(c2ccccc2O)CC1)Nc1ccc(OC(F)(F)F)cc1. The van der Waals surface area contributed by atoms with Gasteiger partial charge in [0.2, 0.25) is 5.91 Å². The van der Waals surface area contributed by atoms with E-state index in [1.807, 2.05) is 17.0 Å². The van der Waals surface area contributed by atoms with E-state index >= 15 is 0 Å². The molecule has 0 aromatic heterocycles. The molecule has 0 atom stereocenters. The first kappa shape index (κ1) is 19.8. The number of halogens is 3. The Labute approximate surface area is 160 Å². The number of para-hydroxylation sites is 2. The molecule has 6 nitrogen and oxygen atoms in total. The van der Waals surface area contributed by atoms with E-state index in [1.54, 1.807) is 12.1 Å². The molecule has 28 heavy (non-hydrogen) atoms. The lowest BCUT2D eigenvalue weighted by molar-refractivity contribution is -0.274. The normalized spacial score (nSPS) is 15.3. The van der Waals surface area contributed by atoms with E-state index in [2.05, 4.69) is 15.0 Å². The number of hydrogen-bond acceptors (Lipinski definition) is 5. The number of alkyl halides is 3. The average Bonchev–Trinajstić information content (AvgIpc) is 2.63. The molecule has 0 radical (unpaired) electrons. The number of benzene rings is 2. The second kappa shape index (κ2) is 8.39. The molecule has 0 spiro atoms. The molecule has 1 heterocycles. The average molecular weight is 395 g/mol. The number of nitrogens with one attached hydrogen (secondary N) is 1. The van der Waals surface area contributed by atoms with Gasteiger partial charge < -0.3 is 20.1 Å². The second-order valence-electron chi connectivity index (χ2n) is 6.37. The van der Waals surface area contributed by atoms with Crippen LogP contribution in [0, 0.1) is 0 Å². The lowest BCUT2D eigenvalue weighted by Crippen LogP contribution is -2.48. The Morgan fingerprint density at radius 2 is 1.68 bits per heavy atom. The summed E-state index contributed by atoms with van der Waals surface area (Å²) >= 11 is 0. The summed E-state index contributed by atoms with van der Waals surface area (Å²) in [6.07, 6.45) is -4.75. The molecule has 150 valence electrons. The number of amides is 1. The summed E-state index contributed by atoms with van der Waals surface area (Å²) in [6, 6.07) is 12.1. The van der Waals surface area contributed by atoms with Gasteiger partial charge in [-0.15, -0.1) is 13.2 Å². The van der Waals surface area contributed by atoms with E-state index in [9.17, 15) is 23.1 Å². The molecule has 3 rings (SSSR count). The topological polar surface area (TPSA) is 65.0 Å². The third-order valence-corrected chi connectivity index (χ3v) is 4.33. The number of phenols is 1. The molecule has 0 saturated carbocycles. The smallest absolute Gasteiger partial charge is 0.506 e. The van der Waals surface area contributed by atoms with Gasteiger partial charge in [-0.1, -0.05) is 12.1 Å². The maximum absolute atomic E-state index is 12.2. The van der Waals surface area contributed by atoms with Gasteiger partial charge in [-0.25, -0.2) is 0 Å². The Bertz CT molecular complexity index is 804. The van der Waals surface area contributed by atoms with Crippen LogP contribution >= 0.6 is 0 Å². The number of phenolic OH excluding ortho intramolecular Hbond substituents is 1. The first-order valence-electron chi connectivity index (χ1n) is 8.71. The highest BCUT2D eigenvalue weighted by Gasteiger charge is 2.31.